The lowest BCUT2D eigenvalue weighted by molar-refractivity contribution is 0.202. The van der Waals surface area contributed by atoms with Crippen molar-refractivity contribution in [2.45, 2.75) is 13.0 Å². The van der Waals surface area contributed by atoms with Gasteiger partial charge in [-0.1, -0.05) is 18.2 Å². The van der Waals surface area contributed by atoms with Crippen LogP contribution in [0.3, 0.4) is 0 Å². The van der Waals surface area contributed by atoms with Crippen molar-refractivity contribution in [3.63, 3.8) is 0 Å². The summed E-state index contributed by atoms with van der Waals surface area (Å²) in [5.74, 6) is -4.50. The maximum absolute atomic E-state index is 13.8. The molecule has 0 fully saturated rings. The van der Waals surface area contributed by atoms with Gasteiger partial charge in [0.1, 0.15) is 17.7 Å². The Kier molecular flexibility index (Phi) is 3.57. The highest BCUT2D eigenvalue weighted by molar-refractivity contribution is 5.35. The highest BCUT2D eigenvalue weighted by Gasteiger charge is 2.24. The van der Waals surface area contributed by atoms with Crippen molar-refractivity contribution in [2.75, 3.05) is 0 Å². The quantitative estimate of drug-likeness (QED) is 0.826. The summed E-state index contributed by atoms with van der Waals surface area (Å²) in [6.45, 7) is 1.38. The number of benzene rings is 2. The number of rotatable bonds is 2. The predicted octanol–water partition coefficient (Wildman–Crippen LogP) is 3.63. The third kappa shape index (κ3) is 2.33. The fourth-order valence-electron chi connectivity index (χ4n) is 1.82. The molecule has 0 radical (unpaired) electrons. The van der Waals surface area contributed by atoms with Gasteiger partial charge in [0.05, 0.1) is 5.56 Å². The van der Waals surface area contributed by atoms with Crippen molar-refractivity contribution < 1.29 is 22.7 Å². The fraction of sp³-hybridized carbons (Fsp3) is 0.143. The Labute approximate surface area is 107 Å². The zero-order valence-corrected chi connectivity index (χ0v) is 9.92. The van der Waals surface area contributed by atoms with Gasteiger partial charge in [0.2, 0.25) is 0 Å². The van der Waals surface area contributed by atoms with Gasteiger partial charge in [0.15, 0.2) is 11.6 Å². The maximum Gasteiger partial charge on any atom is 0.164 e. The van der Waals surface area contributed by atoms with Crippen LogP contribution in [0.15, 0.2) is 30.3 Å². The van der Waals surface area contributed by atoms with E-state index in [9.17, 15) is 22.7 Å². The van der Waals surface area contributed by atoms with Gasteiger partial charge in [-0.25, -0.2) is 17.6 Å². The number of aryl methyl sites for hydroxylation is 1. The molecule has 1 N–H and O–H groups in total. The standard InChI is InChI=1S/C14H10F4O/c1-7-5-6-9(15)11(12(7)17)14(19)8-3-2-4-10(16)13(8)18/h2-6,14,19H,1H3. The molecule has 2 aromatic carbocycles. The molecule has 1 nitrogen and oxygen atoms in total. The lowest BCUT2D eigenvalue weighted by Crippen LogP contribution is -2.09. The molecule has 0 amide bonds. The zero-order valence-electron chi connectivity index (χ0n) is 9.92. The minimum absolute atomic E-state index is 0.104. The molecule has 0 saturated heterocycles. The van der Waals surface area contributed by atoms with Crippen LogP contribution in [0.5, 0.6) is 0 Å². The Morgan fingerprint density at radius 1 is 0.895 bits per heavy atom. The Hall–Kier alpha value is -1.88. The normalized spacial score (nSPS) is 12.5. The summed E-state index contributed by atoms with van der Waals surface area (Å²) in [6, 6.07) is 5.25. The van der Waals surface area contributed by atoms with Crippen molar-refractivity contribution in [1.82, 2.24) is 0 Å². The molecule has 1 atom stereocenters. The summed E-state index contributed by atoms with van der Waals surface area (Å²) < 4.78 is 54.0. The average molecular weight is 270 g/mol. The van der Waals surface area contributed by atoms with E-state index in [0.717, 1.165) is 24.3 Å². The monoisotopic (exact) mass is 270 g/mol. The minimum atomic E-state index is -1.91. The summed E-state index contributed by atoms with van der Waals surface area (Å²) >= 11 is 0. The largest absolute Gasteiger partial charge is 0.383 e. The summed E-state index contributed by atoms with van der Waals surface area (Å²) in [4.78, 5) is 0. The molecule has 5 heteroatoms. The van der Waals surface area contributed by atoms with E-state index in [-0.39, 0.29) is 5.56 Å². The van der Waals surface area contributed by atoms with E-state index in [1.54, 1.807) is 0 Å². The third-order valence-corrected chi connectivity index (χ3v) is 2.87. The Balaban J connectivity index is 2.59. The number of halogens is 4. The van der Waals surface area contributed by atoms with Crippen LogP contribution in [0.1, 0.15) is 22.8 Å². The SMILES string of the molecule is Cc1ccc(F)c(C(O)c2cccc(F)c2F)c1F. The summed E-state index contributed by atoms with van der Waals surface area (Å²) in [5.41, 5.74) is -1.10. The van der Waals surface area contributed by atoms with Crippen LogP contribution >= 0.6 is 0 Å². The molecule has 0 bridgehead atoms. The lowest BCUT2D eigenvalue weighted by Gasteiger charge is -2.15. The Bertz CT molecular complexity index is 625. The summed E-state index contributed by atoms with van der Waals surface area (Å²) in [6.07, 6.45) is -1.91. The van der Waals surface area contributed by atoms with Crippen LogP contribution in [0.25, 0.3) is 0 Å². The number of hydrogen-bond acceptors (Lipinski definition) is 1. The van der Waals surface area contributed by atoms with Crippen LogP contribution in [0.4, 0.5) is 17.6 Å². The first-order valence-corrected chi connectivity index (χ1v) is 5.50. The van der Waals surface area contributed by atoms with E-state index in [4.69, 9.17) is 0 Å². The predicted molar refractivity (Wildman–Crippen MR) is 61.5 cm³/mol. The fourth-order valence-corrected chi connectivity index (χ4v) is 1.82. The smallest absolute Gasteiger partial charge is 0.164 e. The molecule has 1 unspecified atom stereocenters. The molecule has 100 valence electrons. The van der Waals surface area contributed by atoms with E-state index in [0.29, 0.717) is 0 Å². The molecule has 0 aliphatic heterocycles. The van der Waals surface area contributed by atoms with Crippen molar-refractivity contribution in [3.8, 4) is 0 Å². The molecular formula is C14H10F4O. The Morgan fingerprint density at radius 3 is 2.26 bits per heavy atom. The van der Waals surface area contributed by atoms with E-state index in [1.165, 1.54) is 13.0 Å². The molecule has 0 aliphatic rings. The molecule has 2 rings (SSSR count). The highest BCUT2D eigenvalue weighted by Crippen LogP contribution is 2.30. The first-order valence-electron chi connectivity index (χ1n) is 5.50. The molecule has 19 heavy (non-hydrogen) atoms. The summed E-state index contributed by atoms with van der Waals surface area (Å²) in [7, 11) is 0. The average Bonchev–Trinajstić information content (AvgIpc) is 2.37. The van der Waals surface area contributed by atoms with Gasteiger partial charge < -0.3 is 5.11 Å². The van der Waals surface area contributed by atoms with E-state index >= 15 is 0 Å². The van der Waals surface area contributed by atoms with Gasteiger partial charge in [-0.3, -0.25) is 0 Å². The minimum Gasteiger partial charge on any atom is -0.383 e. The molecule has 2 aromatic rings. The second-order valence-corrected chi connectivity index (χ2v) is 4.14. The van der Waals surface area contributed by atoms with E-state index < -0.39 is 40.5 Å². The summed E-state index contributed by atoms with van der Waals surface area (Å²) in [5, 5.41) is 9.90. The van der Waals surface area contributed by atoms with Crippen molar-refractivity contribution in [3.05, 3.63) is 70.3 Å². The van der Waals surface area contributed by atoms with Gasteiger partial charge in [-0.15, -0.1) is 0 Å². The zero-order chi connectivity index (χ0) is 14.2. The van der Waals surface area contributed by atoms with Gasteiger partial charge >= 0.3 is 0 Å². The second kappa shape index (κ2) is 5.01. The van der Waals surface area contributed by atoms with Crippen LogP contribution in [-0.2, 0) is 0 Å². The van der Waals surface area contributed by atoms with Gasteiger partial charge in [-0.2, -0.15) is 0 Å². The first-order chi connectivity index (χ1) is 8.93. The van der Waals surface area contributed by atoms with Crippen LogP contribution < -0.4 is 0 Å². The van der Waals surface area contributed by atoms with Crippen molar-refractivity contribution >= 4 is 0 Å². The van der Waals surface area contributed by atoms with Crippen LogP contribution in [0, 0.1) is 30.2 Å². The second-order valence-electron chi connectivity index (χ2n) is 4.14. The molecule has 0 spiro atoms. The van der Waals surface area contributed by atoms with Crippen molar-refractivity contribution in [2.24, 2.45) is 0 Å². The van der Waals surface area contributed by atoms with E-state index in [1.807, 2.05) is 0 Å². The van der Waals surface area contributed by atoms with Crippen LogP contribution in [0.2, 0.25) is 0 Å². The van der Waals surface area contributed by atoms with Gasteiger partial charge in [0.25, 0.3) is 0 Å². The maximum atomic E-state index is 13.8. The highest BCUT2D eigenvalue weighted by atomic mass is 19.2. The molecular weight excluding hydrogens is 260 g/mol. The number of hydrogen-bond donors (Lipinski definition) is 1. The van der Waals surface area contributed by atoms with Gasteiger partial charge in [0, 0.05) is 5.56 Å². The topological polar surface area (TPSA) is 20.2 Å². The van der Waals surface area contributed by atoms with E-state index in [2.05, 4.69) is 0 Å². The molecule has 0 heterocycles. The first kappa shape index (κ1) is 13.5. The van der Waals surface area contributed by atoms with Crippen LogP contribution in [-0.4, -0.2) is 5.11 Å². The Morgan fingerprint density at radius 2 is 1.58 bits per heavy atom. The third-order valence-electron chi connectivity index (χ3n) is 2.87. The van der Waals surface area contributed by atoms with Gasteiger partial charge in [-0.05, 0) is 24.6 Å². The number of aliphatic hydroxyl groups excluding tert-OH is 1. The molecule has 0 saturated carbocycles. The number of aliphatic hydroxyl groups is 1. The lowest BCUT2D eigenvalue weighted by atomic mass is 9.98. The molecule has 0 aromatic heterocycles. The van der Waals surface area contributed by atoms with Crippen molar-refractivity contribution in [1.29, 1.82) is 0 Å². The molecule has 0 aliphatic carbocycles.